The number of aryl methyl sites for hydroxylation is 1. The van der Waals surface area contributed by atoms with Crippen molar-refractivity contribution in [1.82, 2.24) is 0 Å². The fourth-order valence-electron chi connectivity index (χ4n) is 4.03. The fraction of sp³-hybridized carbons (Fsp3) is 0.208. The Kier molecular flexibility index (Phi) is 5.38. The van der Waals surface area contributed by atoms with E-state index in [1.807, 2.05) is 43.0 Å². The van der Waals surface area contributed by atoms with Crippen LogP contribution in [-0.2, 0) is 9.59 Å². The lowest BCUT2D eigenvalue weighted by atomic mass is 9.78. The lowest BCUT2D eigenvalue weighted by Crippen LogP contribution is -2.34. The van der Waals surface area contributed by atoms with Crippen molar-refractivity contribution < 1.29 is 14.7 Å². The summed E-state index contributed by atoms with van der Waals surface area (Å²) in [5, 5.41) is 19.1. The summed E-state index contributed by atoms with van der Waals surface area (Å²) in [5.74, 6) is -1.94. The molecule has 1 heterocycles. The number of nitriles is 1. The van der Waals surface area contributed by atoms with Gasteiger partial charge in [-0.3, -0.25) is 4.79 Å². The maximum Gasteiger partial charge on any atom is 0.334 e. The summed E-state index contributed by atoms with van der Waals surface area (Å²) in [6, 6.07) is 16.5. The van der Waals surface area contributed by atoms with Crippen molar-refractivity contribution in [2.24, 2.45) is 0 Å². The largest absolute Gasteiger partial charge is 0.478 e. The fourth-order valence-corrected chi connectivity index (χ4v) is 4.03. The number of ketones is 1. The summed E-state index contributed by atoms with van der Waals surface area (Å²) < 4.78 is 0. The predicted octanol–water partition coefficient (Wildman–Crippen LogP) is 4.69. The van der Waals surface area contributed by atoms with Crippen LogP contribution in [0.2, 0.25) is 0 Å². The van der Waals surface area contributed by atoms with Crippen molar-refractivity contribution in [3.8, 4) is 6.07 Å². The predicted molar refractivity (Wildman–Crippen MR) is 111 cm³/mol. The van der Waals surface area contributed by atoms with Crippen molar-refractivity contribution in [2.45, 2.75) is 33.6 Å². The minimum Gasteiger partial charge on any atom is -0.478 e. The van der Waals surface area contributed by atoms with Gasteiger partial charge in [0.05, 0.1) is 17.2 Å². The first-order valence-electron chi connectivity index (χ1n) is 9.29. The lowest BCUT2D eigenvalue weighted by molar-refractivity contribution is -0.133. The number of benzene rings is 2. The van der Waals surface area contributed by atoms with Crippen LogP contribution in [0.3, 0.4) is 0 Å². The summed E-state index contributed by atoms with van der Waals surface area (Å²) in [6.45, 7) is 7.04. The number of hydrogen-bond acceptors (Lipinski definition) is 4. The minimum atomic E-state index is -1.07. The second kappa shape index (κ2) is 7.76. The van der Waals surface area contributed by atoms with E-state index in [2.05, 4.69) is 6.07 Å². The van der Waals surface area contributed by atoms with Crippen molar-refractivity contribution in [1.29, 1.82) is 5.26 Å². The zero-order chi connectivity index (χ0) is 21.3. The first kappa shape index (κ1) is 20.1. The van der Waals surface area contributed by atoms with Gasteiger partial charge < -0.3 is 10.0 Å². The summed E-state index contributed by atoms with van der Waals surface area (Å²) in [5.41, 5.74) is 4.89. The van der Waals surface area contributed by atoms with Crippen molar-refractivity contribution in [3.63, 3.8) is 0 Å². The molecule has 0 fully saturated rings. The molecule has 1 N–H and O–H groups in total. The molecule has 2 aromatic rings. The number of hydrogen-bond donors (Lipinski definition) is 1. The highest BCUT2D eigenvalue weighted by molar-refractivity contribution is 6.03. The molecule has 0 saturated heterocycles. The average molecular weight is 386 g/mol. The van der Waals surface area contributed by atoms with E-state index in [0.717, 1.165) is 11.3 Å². The zero-order valence-corrected chi connectivity index (χ0v) is 16.9. The Hall–Kier alpha value is -3.65. The summed E-state index contributed by atoms with van der Waals surface area (Å²) in [7, 11) is 0. The second-order valence-corrected chi connectivity index (χ2v) is 7.20. The molecule has 0 radical (unpaired) electrons. The van der Waals surface area contributed by atoms with E-state index in [0.29, 0.717) is 28.1 Å². The van der Waals surface area contributed by atoms with E-state index < -0.39 is 11.9 Å². The molecule has 146 valence electrons. The second-order valence-electron chi connectivity index (χ2n) is 7.20. The molecule has 29 heavy (non-hydrogen) atoms. The first-order chi connectivity index (χ1) is 13.8. The number of anilines is 1. The van der Waals surface area contributed by atoms with E-state index in [4.69, 9.17) is 5.26 Å². The van der Waals surface area contributed by atoms with Crippen molar-refractivity contribution >= 4 is 17.4 Å². The SMILES string of the molecule is CC(=O)C1=C(C)N(c2cccc(C)c2)C(C)=C(C(=O)O)C1c1ccc(C#N)cc1. The van der Waals surface area contributed by atoms with Gasteiger partial charge in [0.1, 0.15) is 0 Å². The molecule has 0 amide bonds. The van der Waals surface area contributed by atoms with E-state index in [1.165, 1.54) is 6.92 Å². The number of aliphatic carboxylic acids is 1. The molecule has 2 aromatic carbocycles. The van der Waals surface area contributed by atoms with Gasteiger partial charge in [-0.05, 0) is 63.1 Å². The van der Waals surface area contributed by atoms with Crippen molar-refractivity contribution in [2.75, 3.05) is 4.90 Å². The van der Waals surface area contributed by atoms with Crippen LogP contribution in [0.25, 0.3) is 0 Å². The molecule has 1 aliphatic heterocycles. The zero-order valence-electron chi connectivity index (χ0n) is 16.9. The third-order valence-corrected chi connectivity index (χ3v) is 5.27. The normalized spacial score (nSPS) is 16.7. The Morgan fingerprint density at radius 2 is 1.62 bits per heavy atom. The number of carbonyl (C=O) groups excluding carboxylic acids is 1. The van der Waals surface area contributed by atoms with Crippen molar-refractivity contribution in [3.05, 3.63) is 87.8 Å². The monoisotopic (exact) mass is 386 g/mol. The van der Waals surface area contributed by atoms with Gasteiger partial charge in [0, 0.05) is 28.6 Å². The Bertz CT molecular complexity index is 1060. The molecule has 1 aliphatic rings. The Labute approximate surface area is 170 Å². The Morgan fingerprint density at radius 3 is 2.14 bits per heavy atom. The number of nitrogens with zero attached hydrogens (tertiary/aromatic N) is 2. The van der Waals surface area contributed by atoms with E-state index >= 15 is 0 Å². The number of carboxylic acid groups (broad SMARTS) is 1. The molecule has 0 aromatic heterocycles. The average Bonchev–Trinajstić information content (AvgIpc) is 2.67. The molecule has 0 aliphatic carbocycles. The van der Waals surface area contributed by atoms with Crippen LogP contribution < -0.4 is 4.90 Å². The number of rotatable bonds is 4. The van der Waals surface area contributed by atoms with Crippen LogP contribution in [0.5, 0.6) is 0 Å². The molecular weight excluding hydrogens is 364 g/mol. The molecule has 0 saturated carbocycles. The van der Waals surface area contributed by atoms with Gasteiger partial charge in [-0.25, -0.2) is 4.79 Å². The third-order valence-electron chi connectivity index (χ3n) is 5.27. The van der Waals surface area contributed by atoms with Gasteiger partial charge in [0.25, 0.3) is 0 Å². The quantitative estimate of drug-likeness (QED) is 0.824. The van der Waals surface area contributed by atoms with Crippen LogP contribution in [-0.4, -0.2) is 16.9 Å². The number of carboxylic acids is 1. The van der Waals surface area contributed by atoms with Gasteiger partial charge in [-0.1, -0.05) is 24.3 Å². The smallest absolute Gasteiger partial charge is 0.334 e. The van der Waals surface area contributed by atoms with E-state index in [1.54, 1.807) is 31.2 Å². The molecule has 5 heteroatoms. The third kappa shape index (κ3) is 3.57. The van der Waals surface area contributed by atoms with Gasteiger partial charge in [-0.15, -0.1) is 0 Å². The van der Waals surface area contributed by atoms with E-state index in [-0.39, 0.29) is 11.4 Å². The van der Waals surface area contributed by atoms with Crippen LogP contribution in [0.15, 0.2) is 71.1 Å². The Balaban J connectivity index is 2.29. The highest BCUT2D eigenvalue weighted by atomic mass is 16.4. The highest BCUT2D eigenvalue weighted by Crippen LogP contribution is 2.44. The summed E-state index contributed by atoms with van der Waals surface area (Å²) in [6.07, 6.45) is 0. The minimum absolute atomic E-state index is 0.159. The maximum absolute atomic E-state index is 12.7. The van der Waals surface area contributed by atoms with Gasteiger partial charge in [0.2, 0.25) is 0 Å². The van der Waals surface area contributed by atoms with Crippen LogP contribution in [0, 0.1) is 18.3 Å². The van der Waals surface area contributed by atoms with E-state index in [9.17, 15) is 14.7 Å². The summed E-state index contributed by atoms with van der Waals surface area (Å²) in [4.78, 5) is 26.8. The number of allylic oxidation sites excluding steroid dienone is 3. The lowest BCUT2D eigenvalue weighted by Gasteiger charge is -2.37. The molecular formula is C24H22N2O3. The topological polar surface area (TPSA) is 81.4 Å². The maximum atomic E-state index is 12.7. The van der Waals surface area contributed by atoms with Gasteiger partial charge in [-0.2, -0.15) is 5.26 Å². The molecule has 3 rings (SSSR count). The Morgan fingerprint density at radius 1 is 1.00 bits per heavy atom. The molecule has 0 bridgehead atoms. The molecule has 1 unspecified atom stereocenters. The van der Waals surface area contributed by atoms with Crippen LogP contribution in [0.4, 0.5) is 5.69 Å². The standard InChI is InChI=1S/C24H22N2O3/c1-14-6-5-7-20(12-14)26-15(2)21(17(4)27)23(22(16(26)3)24(28)29)19-10-8-18(13-25)9-11-19/h5-12,23H,1-4H3,(H,28,29). The molecule has 5 nitrogen and oxygen atoms in total. The van der Waals surface area contributed by atoms with Crippen LogP contribution >= 0.6 is 0 Å². The van der Waals surface area contributed by atoms with Gasteiger partial charge in [0.15, 0.2) is 5.78 Å². The molecule has 1 atom stereocenters. The number of carbonyl (C=O) groups is 2. The number of Topliss-reactive ketones (excluding diaryl/α,β-unsaturated/α-hetero) is 1. The molecule has 0 spiro atoms. The highest BCUT2D eigenvalue weighted by Gasteiger charge is 2.38. The first-order valence-corrected chi connectivity index (χ1v) is 9.29. The van der Waals surface area contributed by atoms with Gasteiger partial charge >= 0.3 is 5.97 Å². The summed E-state index contributed by atoms with van der Waals surface area (Å²) >= 11 is 0. The van der Waals surface area contributed by atoms with Crippen LogP contribution in [0.1, 0.15) is 43.4 Å².